The number of rotatable bonds is 5. The first-order chi connectivity index (χ1) is 16.2. The van der Waals surface area contributed by atoms with Gasteiger partial charge in [0.2, 0.25) is 5.91 Å². The number of nitrogens with one attached hydrogen (secondary N) is 2. The first-order valence-electron chi connectivity index (χ1n) is 11.6. The number of amides is 3. The Kier molecular flexibility index (Phi) is 7.63. The first-order valence-corrected chi connectivity index (χ1v) is 11.6. The Labute approximate surface area is 195 Å². The third-order valence-corrected chi connectivity index (χ3v) is 6.40. The maximum atomic E-state index is 13.0. The van der Waals surface area contributed by atoms with E-state index in [-0.39, 0.29) is 43.9 Å². The van der Waals surface area contributed by atoms with Crippen LogP contribution in [0, 0.1) is 5.92 Å². The second-order valence-electron chi connectivity index (χ2n) is 9.24. The van der Waals surface area contributed by atoms with E-state index in [1.807, 2.05) is 0 Å². The van der Waals surface area contributed by atoms with Crippen LogP contribution >= 0.6 is 0 Å². The molecule has 0 radical (unpaired) electrons. The normalized spacial score (nSPS) is 27.8. The standard InChI is InChI=1S/C23H30F3N3O5/c24-23(25,26)15-3-5-16(6-4-15)28-22(32)29-11-17(30)12-33-13-20-19(29)8-7-18(34-20)9-21(31)27-10-14-1-2-14/h3-6,14,17-20,30H,1-2,7-13H2,(H,27,31)(H,28,32)/t17-,18-,19-,20+/m0/s1. The highest BCUT2D eigenvalue weighted by Gasteiger charge is 2.40. The molecule has 0 unspecified atom stereocenters. The van der Waals surface area contributed by atoms with Gasteiger partial charge in [0.25, 0.3) is 0 Å². The highest BCUT2D eigenvalue weighted by molar-refractivity contribution is 5.89. The topological polar surface area (TPSA) is 100 Å². The highest BCUT2D eigenvalue weighted by Crippen LogP contribution is 2.31. The summed E-state index contributed by atoms with van der Waals surface area (Å²) in [6, 6.07) is 3.23. The number of β-amino-alcohol motifs (C(OH)–C–C–N with tert-alkyl or cyclic N) is 1. The predicted octanol–water partition coefficient (Wildman–Crippen LogP) is 2.76. The second kappa shape index (κ2) is 10.5. The second-order valence-corrected chi connectivity index (χ2v) is 9.24. The smallest absolute Gasteiger partial charge is 0.389 e. The van der Waals surface area contributed by atoms with E-state index < -0.39 is 36.0 Å². The van der Waals surface area contributed by atoms with Crippen LogP contribution in [0.5, 0.6) is 0 Å². The molecule has 1 aromatic carbocycles. The molecule has 0 aromatic heterocycles. The molecule has 34 heavy (non-hydrogen) atoms. The number of hydrogen-bond acceptors (Lipinski definition) is 5. The van der Waals surface area contributed by atoms with Crippen molar-refractivity contribution in [3.05, 3.63) is 29.8 Å². The van der Waals surface area contributed by atoms with E-state index in [2.05, 4.69) is 10.6 Å². The third kappa shape index (κ3) is 6.61. The quantitative estimate of drug-likeness (QED) is 0.596. The van der Waals surface area contributed by atoms with Crippen molar-refractivity contribution in [2.24, 2.45) is 5.92 Å². The number of benzene rings is 1. The van der Waals surface area contributed by atoms with Crippen molar-refractivity contribution >= 4 is 17.6 Å². The SMILES string of the molecule is O=C(C[C@@H]1CC[C@H]2[C@@H](COC[C@@H](O)CN2C(=O)Nc2ccc(C(F)(F)F)cc2)O1)NCC1CC1. The molecule has 0 spiro atoms. The number of aliphatic hydroxyl groups excluding tert-OH is 1. The van der Waals surface area contributed by atoms with Crippen molar-refractivity contribution in [1.82, 2.24) is 10.2 Å². The van der Waals surface area contributed by atoms with Crippen LogP contribution in [-0.2, 0) is 20.4 Å². The lowest BCUT2D eigenvalue weighted by Crippen LogP contribution is -2.58. The summed E-state index contributed by atoms with van der Waals surface area (Å²) in [4.78, 5) is 26.7. The molecule has 2 aliphatic heterocycles. The average Bonchev–Trinajstić information content (AvgIpc) is 3.60. The van der Waals surface area contributed by atoms with Gasteiger partial charge in [-0.2, -0.15) is 13.2 Å². The van der Waals surface area contributed by atoms with Crippen LogP contribution in [0.4, 0.5) is 23.7 Å². The number of nitrogens with zero attached hydrogens (tertiary/aromatic N) is 1. The van der Waals surface area contributed by atoms with Gasteiger partial charge in [0.05, 0.1) is 50.0 Å². The molecule has 2 saturated heterocycles. The summed E-state index contributed by atoms with van der Waals surface area (Å²) in [6.07, 6.45) is -2.53. The van der Waals surface area contributed by atoms with Crippen molar-refractivity contribution in [2.75, 3.05) is 31.6 Å². The number of carbonyl (C=O) groups excluding carboxylic acids is 2. The number of urea groups is 1. The number of carbonyl (C=O) groups is 2. The summed E-state index contributed by atoms with van der Waals surface area (Å²) in [7, 11) is 0. The van der Waals surface area contributed by atoms with Gasteiger partial charge in [-0.15, -0.1) is 0 Å². The van der Waals surface area contributed by atoms with E-state index in [0.717, 1.165) is 25.0 Å². The zero-order valence-corrected chi connectivity index (χ0v) is 18.7. The Morgan fingerprint density at radius 1 is 1.09 bits per heavy atom. The summed E-state index contributed by atoms with van der Waals surface area (Å²) >= 11 is 0. The van der Waals surface area contributed by atoms with E-state index in [1.165, 1.54) is 17.0 Å². The third-order valence-electron chi connectivity index (χ3n) is 6.40. The van der Waals surface area contributed by atoms with E-state index in [1.54, 1.807) is 0 Å². The minimum atomic E-state index is -4.46. The minimum absolute atomic E-state index is 0.0104. The van der Waals surface area contributed by atoms with Crippen LogP contribution in [-0.4, -0.2) is 72.6 Å². The molecule has 3 aliphatic rings. The van der Waals surface area contributed by atoms with Crippen molar-refractivity contribution < 1.29 is 37.3 Å². The monoisotopic (exact) mass is 485 g/mol. The molecular formula is C23H30F3N3O5. The zero-order chi connectivity index (χ0) is 24.3. The van der Waals surface area contributed by atoms with Crippen LogP contribution in [0.1, 0.15) is 37.7 Å². The summed E-state index contributed by atoms with van der Waals surface area (Å²) in [5.74, 6) is 0.525. The van der Waals surface area contributed by atoms with Crippen LogP contribution in [0.15, 0.2) is 24.3 Å². The lowest BCUT2D eigenvalue weighted by molar-refractivity contribution is -0.149. The van der Waals surface area contributed by atoms with E-state index >= 15 is 0 Å². The molecule has 8 nitrogen and oxygen atoms in total. The lowest BCUT2D eigenvalue weighted by atomic mass is 9.95. The number of hydrogen-bond donors (Lipinski definition) is 3. The van der Waals surface area contributed by atoms with Crippen LogP contribution in [0.25, 0.3) is 0 Å². The predicted molar refractivity (Wildman–Crippen MR) is 116 cm³/mol. The van der Waals surface area contributed by atoms with Gasteiger partial charge in [-0.3, -0.25) is 4.79 Å². The molecule has 1 aromatic rings. The molecule has 1 aliphatic carbocycles. The van der Waals surface area contributed by atoms with Gasteiger partial charge in [-0.1, -0.05) is 0 Å². The van der Waals surface area contributed by atoms with Gasteiger partial charge in [0, 0.05) is 12.2 Å². The van der Waals surface area contributed by atoms with Gasteiger partial charge in [0.15, 0.2) is 0 Å². The summed E-state index contributed by atoms with van der Waals surface area (Å²) in [5.41, 5.74) is -0.596. The Bertz CT molecular complexity index is 862. The number of alkyl halides is 3. The summed E-state index contributed by atoms with van der Waals surface area (Å²) in [5, 5.41) is 15.8. The van der Waals surface area contributed by atoms with Gasteiger partial charge in [0.1, 0.15) is 6.10 Å². The largest absolute Gasteiger partial charge is 0.416 e. The fourth-order valence-electron chi connectivity index (χ4n) is 4.37. The van der Waals surface area contributed by atoms with Crippen LogP contribution in [0.3, 0.4) is 0 Å². The molecule has 11 heteroatoms. The fourth-order valence-corrected chi connectivity index (χ4v) is 4.37. The minimum Gasteiger partial charge on any atom is -0.389 e. The summed E-state index contributed by atoms with van der Waals surface area (Å²) in [6.45, 7) is 0.856. The number of halogens is 3. The van der Waals surface area contributed by atoms with Gasteiger partial charge in [-0.05, 0) is 55.9 Å². The Hall–Kier alpha value is -2.37. The van der Waals surface area contributed by atoms with Gasteiger partial charge >= 0.3 is 12.2 Å². The number of anilines is 1. The summed E-state index contributed by atoms with van der Waals surface area (Å²) < 4.78 is 50.1. The lowest BCUT2D eigenvalue weighted by Gasteiger charge is -2.44. The van der Waals surface area contributed by atoms with E-state index in [0.29, 0.717) is 25.3 Å². The molecule has 4 rings (SSSR count). The number of ether oxygens (including phenoxy) is 2. The van der Waals surface area contributed by atoms with Crippen LogP contribution < -0.4 is 10.6 Å². The van der Waals surface area contributed by atoms with Gasteiger partial charge in [-0.25, -0.2) is 4.79 Å². The Morgan fingerprint density at radius 2 is 1.82 bits per heavy atom. The van der Waals surface area contributed by atoms with Crippen molar-refractivity contribution in [1.29, 1.82) is 0 Å². The first kappa shape index (κ1) is 24.7. The van der Waals surface area contributed by atoms with Gasteiger partial charge < -0.3 is 30.1 Å². The van der Waals surface area contributed by atoms with E-state index in [9.17, 15) is 27.9 Å². The highest BCUT2D eigenvalue weighted by atomic mass is 19.4. The van der Waals surface area contributed by atoms with E-state index in [4.69, 9.17) is 9.47 Å². The molecule has 2 heterocycles. The van der Waals surface area contributed by atoms with Crippen LogP contribution in [0.2, 0.25) is 0 Å². The van der Waals surface area contributed by atoms with Crippen molar-refractivity contribution in [3.63, 3.8) is 0 Å². The maximum Gasteiger partial charge on any atom is 0.416 e. The zero-order valence-electron chi connectivity index (χ0n) is 18.7. The molecule has 3 fully saturated rings. The fraction of sp³-hybridized carbons (Fsp3) is 0.652. The molecule has 3 amide bonds. The van der Waals surface area contributed by atoms with Crippen molar-refractivity contribution in [3.8, 4) is 0 Å². The van der Waals surface area contributed by atoms with Crippen molar-refractivity contribution in [2.45, 2.75) is 62.6 Å². The number of fused-ring (bicyclic) bond motifs is 1. The average molecular weight is 486 g/mol. The molecule has 3 N–H and O–H groups in total. The molecule has 1 saturated carbocycles. The molecule has 188 valence electrons. The Morgan fingerprint density at radius 3 is 2.50 bits per heavy atom. The molecular weight excluding hydrogens is 455 g/mol. The Balaban J connectivity index is 1.38. The maximum absolute atomic E-state index is 13.0. The molecule has 0 bridgehead atoms. The number of aliphatic hydroxyl groups is 1. The molecule has 4 atom stereocenters.